The minimum absolute atomic E-state index is 0.366. The van der Waals surface area contributed by atoms with Crippen molar-refractivity contribution in [2.45, 2.75) is 111 Å². The average molecular weight is 347 g/mol. The Morgan fingerprint density at radius 2 is 1.52 bits per heavy atom. The standard InChI is InChI=1S/C24H42O/c1-16(2)25-17(3)20-11-12-21-19-10-9-18-8-6-7-14-23(18,4)22(19)13-15-24(20,21)5/h16-22H,6-15H2,1-5H3/t17?,18-,19+,20-,21+,22+,23+,24-/m1/s1. The molecular formula is C24H42O. The van der Waals surface area contributed by atoms with E-state index in [0.29, 0.717) is 23.0 Å². The van der Waals surface area contributed by atoms with Gasteiger partial charge >= 0.3 is 0 Å². The number of fused-ring (bicyclic) bond motifs is 5. The topological polar surface area (TPSA) is 9.23 Å². The Bertz CT molecular complexity index is 484. The zero-order valence-corrected chi connectivity index (χ0v) is 17.5. The molecule has 0 aromatic heterocycles. The van der Waals surface area contributed by atoms with Crippen molar-refractivity contribution in [3.63, 3.8) is 0 Å². The minimum atomic E-state index is 0.366. The Hall–Kier alpha value is -0.0400. The van der Waals surface area contributed by atoms with Crippen molar-refractivity contribution in [3.05, 3.63) is 0 Å². The third-order valence-corrected chi connectivity index (χ3v) is 9.71. The molecule has 0 N–H and O–H groups in total. The first kappa shape index (κ1) is 18.3. The van der Waals surface area contributed by atoms with Crippen LogP contribution in [0.25, 0.3) is 0 Å². The van der Waals surface area contributed by atoms with Gasteiger partial charge in [-0.2, -0.15) is 0 Å². The van der Waals surface area contributed by atoms with Gasteiger partial charge in [0.05, 0.1) is 12.2 Å². The van der Waals surface area contributed by atoms with E-state index in [9.17, 15) is 0 Å². The molecule has 8 atom stereocenters. The Kier molecular flexibility index (Phi) is 4.79. The first-order chi connectivity index (χ1) is 11.9. The van der Waals surface area contributed by atoms with Crippen LogP contribution >= 0.6 is 0 Å². The Balaban J connectivity index is 1.55. The summed E-state index contributed by atoms with van der Waals surface area (Å²) in [6.45, 7) is 12.1. The van der Waals surface area contributed by atoms with E-state index in [4.69, 9.17) is 4.74 Å². The van der Waals surface area contributed by atoms with Crippen LogP contribution in [0.2, 0.25) is 0 Å². The van der Waals surface area contributed by atoms with Crippen LogP contribution in [0, 0.1) is 40.4 Å². The lowest BCUT2D eigenvalue weighted by Crippen LogP contribution is -2.53. The second-order valence-electron chi connectivity index (χ2n) is 11.0. The van der Waals surface area contributed by atoms with Crippen molar-refractivity contribution >= 4 is 0 Å². The third-order valence-electron chi connectivity index (χ3n) is 9.71. The molecular weight excluding hydrogens is 304 g/mol. The van der Waals surface area contributed by atoms with E-state index in [2.05, 4.69) is 34.6 Å². The molecule has 0 heterocycles. The first-order valence-electron chi connectivity index (χ1n) is 11.5. The van der Waals surface area contributed by atoms with E-state index in [1.54, 1.807) is 0 Å². The molecule has 0 aromatic rings. The van der Waals surface area contributed by atoms with Crippen LogP contribution in [0.1, 0.15) is 98.8 Å². The lowest BCUT2D eigenvalue weighted by Gasteiger charge is -2.60. The molecule has 0 saturated heterocycles. The highest BCUT2D eigenvalue weighted by Gasteiger charge is 2.60. The average Bonchev–Trinajstić information content (AvgIpc) is 2.91. The van der Waals surface area contributed by atoms with Gasteiger partial charge < -0.3 is 4.74 Å². The molecule has 0 aliphatic heterocycles. The monoisotopic (exact) mass is 346 g/mol. The van der Waals surface area contributed by atoms with E-state index in [1.165, 1.54) is 64.2 Å². The molecule has 4 aliphatic rings. The van der Waals surface area contributed by atoms with Crippen molar-refractivity contribution in [2.75, 3.05) is 0 Å². The van der Waals surface area contributed by atoms with Crippen molar-refractivity contribution in [1.82, 2.24) is 0 Å². The smallest absolute Gasteiger partial charge is 0.0583 e. The highest BCUT2D eigenvalue weighted by Crippen LogP contribution is 2.67. The molecule has 1 heteroatoms. The number of hydrogen-bond acceptors (Lipinski definition) is 1. The Morgan fingerprint density at radius 1 is 0.760 bits per heavy atom. The highest BCUT2D eigenvalue weighted by atomic mass is 16.5. The fourth-order valence-corrected chi connectivity index (χ4v) is 8.63. The lowest BCUT2D eigenvalue weighted by molar-refractivity contribution is -0.127. The van der Waals surface area contributed by atoms with Gasteiger partial charge in [0.25, 0.3) is 0 Å². The summed E-state index contributed by atoms with van der Waals surface area (Å²) in [7, 11) is 0. The summed E-state index contributed by atoms with van der Waals surface area (Å²) in [4.78, 5) is 0. The summed E-state index contributed by atoms with van der Waals surface area (Å²) >= 11 is 0. The maximum atomic E-state index is 6.29. The van der Waals surface area contributed by atoms with Crippen molar-refractivity contribution in [2.24, 2.45) is 40.4 Å². The zero-order valence-electron chi connectivity index (χ0n) is 17.5. The zero-order chi connectivity index (χ0) is 17.8. The van der Waals surface area contributed by atoms with Crippen LogP contribution in [0.3, 0.4) is 0 Å². The molecule has 0 spiro atoms. The van der Waals surface area contributed by atoms with Crippen molar-refractivity contribution in [3.8, 4) is 0 Å². The fourth-order valence-electron chi connectivity index (χ4n) is 8.63. The lowest BCUT2D eigenvalue weighted by atomic mass is 9.45. The molecule has 0 aromatic carbocycles. The molecule has 25 heavy (non-hydrogen) atoms. The summed E-state index contributed by atoms with van der Waals surface area (Å²) in [5.74, 6) is 4.87. The molecule has 0 radical (unpaired) electrons. The fraction of sp³-hybridized carbons (Fsp3) is 1.00. The molecule has 144 valence electrons. The van der Waals surface area contributed by atoms with Crippen molar-refractivity contribution < 1.29 is 4.74 Å². The van der Waals surface area contributed by atoms with E-state index in [0.717, 1.165) is 29.6 Å². The Morgan fingerprint density at radius 3 is 2.28 bits per heavy atom. The van der Waals surface area contributed by atoms with Crippen LogP contribution in [-0.2, 0) is 4.74 Å². The maximum absolute atomic E-state index is 6.29. The van der Waals surface area contributed by atoms with Gasteiger partial charge in [0.1, 0.15) is 0 Å². The predicted octanol–water partition coefficient (Wildman–Crippen LogP) is 6.85. The maximum Gasteiger partial charge on any atom is 0.0583 e. The van der Waals surface area contributed by atoms with Gasteiger partial charge in [0, 0.05) is 0 Å². The van der Waals surface area contributed by atoms with E-state index < -0.39 is 0 Å². The quantitative estimate of drug-likeness (QED) is 0.543. The van der Waals surface area contributed by atoms with Gasteiger partial charge in [-0.15, -0.1) is 0 Å². The van der Waals surface area contributed by atoms with Gasteiger partial charge in [-0.25, -0.2) is 0 Å². The van der Waals surface area contributed by atoms with E-state index in [-0.39, 0.29) is 0 Å². The van der Waals surface area contributed by atoms with Gasteiger partial charge in [-0.3, -0.25) is 0 Å². The highest BCUT2D eigenvalue weighted by molar-refractivity contribution is 5.09. The van der Waals surface area contributed by atoms with Gasteiger partial charge in [0.15, 0.2) is 0 Å². The van der Waals surface area contributed by atoms with Crippen LogP contribution in [0.15, 0.2) is 0 Å². The SMILES string of the molecule is CC(C)OC(C)[C@H]1CC[C@H]2[C@@H]3CC[C@H]4CCCC[C@]4(C)[C@H]3CC[C@]12C. The van der Waals surface area contributed by atoms with Gasteiger partial charge in [-0.1, -0.05) is 26.7 Å². The van der Waals surface area contributed by atoms with Gasteiger partial charge in [0.2, 0.25) is 0 Å². The largest absolute Gasteiger partial charge is 0.376 e. The molecule has 4 saturated carbocycles. The summed E-state index contributed by atoms with van der Waals surface area (Å²) in [5.41, 5.74) is 1.23. The first-order valence-corrected chi connectivity index (χ1v) is 11.5. The molecule has 1 nitrogen and oxygen atoms in total. The number of hydrogen-bond donors (Lipinski definition) is 0. The summed E-state index contributed by atoms with van der Waals surface area (Å²) in [5, 5.41) is 0. The number of ether oxygens (including phenoxy) is 1. The van der Waals surface area contributed by atoms with Gasteiger partial charge in [-0.05, 0) is 113 Å². The molecule has 1 unspecified atom stereocenters. The van der Waals surface area contributed by atoms with Crippen molar-refractivity contribution in [1.29, 1.82) is 0 Å². The van der Waals surface area contributed by atoms with E-state index in [1.807, 2.05) is 0 Å². The Labute approximate surface area is 156 Å². The normalized spacial score (nSPS) is 50.9. The summed E-state index contributed by atoms with van der Waals surface area (Å²) in [6.07, 6.45) is 15.8. The minimum Gasteiger partial charge on any atom is -0.376 e. The van der Waals surface area contributed by atoms with Crippen LogP contribution in [-0.4, -0.2) is 12.2 Å². The predicted molar refractivity (Wildman–Crippen MR) is 106 cm³/mol. The summed E-state index contributed by atoms with van der Waals surface area (Å²) in [6, 6.07) is 0. The second kappa shape index (κ2) is 6.54. The second-order valence-corrected chi connectivity index (χ2v) is 11.0. The molecule has 4 fully saturated rings. The molecule has 0 bridgehead atoms. The van der Waals surface area contributed by atoms with Crippen LogP contribution in [0.5, 0.6) is 0 Å². The molecule has 4 aliphatic carbocycles. The van der Waals surface area contributed by atoms with Crippen LogP contribution in [0.4, 0.5) is 0 Å². The number of rotatable bonds is 3. The van der Waals surface area contributed by atoms with Crippen LogP contribution < -0.4 is 0 Å². The summed E-state index contributed by atoms with van der Waals surface area (Å²) < 4.78 is 6.29. The third kappa shape index (κ3) is 2.82. The van der Waals surface area contributed by atoms with E-state index >= 15 is 0 Å². The molecule has 0 amide bonds. The molecule has 4 rings (SSSR count).